The minimum absolute atomic E-state index is 0.0202. The summed E-state index contributed by atoms with van der Waals surface area (Å²) in [5.41, 5.74) is 3.20. The van der Waals surface area contributed by atoms with Crippen molar-refractivity contribution in [3.05, 3.63) is 44.8 Å². The Hall–Kier alpha value is -2.22. The Morgan fingerprint density at radius 3 is 2.62 bits per heavy atom. The first-order chi connectivity index (χ1) is 9.68. The molecule has 1 aromatic carbocycles. The predicted octanol–water partition coefficient (Wildman–Crippen LogP) is 3.13. The third kappa shape index (κ3) is 3.27. The molecule has 0 bridgehead atoms. The van der Waals surface area contributed by atoms with E-state index in [1.54, 1.807) is 13.0 Å². The van der Waals surface area contributed by atoms with Crippen LogP contribution in [0.5, 0.6) is 11.5 Å². The topological polar surface area (TPSA) is 81.0 Å². The molecule has 0 aliphatic rings. The average molecular weight is 320 g/mol. The van der Waals surface area contributed by atoms with Crippen molar-refractivity contribution in [3.63, 3.8) is 0 Å². The lowest BCUT2D eigenvalue weighted by atomic mass is 10.2. The number of anilines is 1. The normalized spacial score (nSPS) is 11.5. The van der Waals surface area contributed by atoms with Gasteiger partial charge in [-0.1, -0.05) is 17.7 Å². The van der Waals surface area contributed by atoms with E-state index < -0.39 is 29.1 Å². The molecule has 21 heavy (non-hydrogen) atoms. The van der Waals surface area contributed by atoms with Crippen molar-refractivity contribution in [2.75, 3.05) is 5.73 Å². The summed E-state index contributed by atoms with van der Waals surface area (Å²) in [5.74, 6) is -1.66. The molecule has 1 aromatic heterocycles. The highest BCUT2D eigenvalue weighted by molar-refractivity contribution is 6.31. The number of hydrogen-bond donors (Lipinski definition) is 2. The van der Waals surface area contributed by atoms with Gasteiger partial charge < -0.3 is 10.5 Å². The molecule has 0 amide bonds. The zero-order chi connectivity index (χ0) is 15.8. The molecule has 0 unspecified atom stereocenters. The van der Waals surface area contributed by atoms with Gasteiger partial charge in [0.15, 0.2) is 5.69 Å². The van der Waals surface area contributed by atoms with Crippen LogP contribution in [0, 0.1) is 6.92 Å². The van der Waals surface area contributed by atoms with Gasteiger partial charge in [0.05, 0.1) is 0 Å². The Bertz CT molecular complexity index is 744. The fraction of sp³-hybridized carbons (Fsp3) is 0.167. The van der Waals surface area contributed by atoms with Crippen LogP contribution in [0.1, 0.15) is 11.3 Å². The molecule has 2 aromatic rings. The number of aromatic nitrogens is 2. The minimum atomic E-state index is -4.88. The third-order valence-electron chi connectivity index (χ3n) is 2.53. The quantitative estimate of drug-likeness (QED) is 0.891. The van der Waals surface area contributed by atoms with Gasteiger partial charge in [-0.2, -0.15) is 13.2 Å². The number of rotatable bonds is 2. The van der Waals surface area contributed by atoms with Crippen molar-refractivity contribution in [1.29, 1.82) is 0 Å². The first kappa shape index (κ1) is 15.2. The highest BCUT2D eigenvalue weighted by atomic mass is 35.5. The number of nitrogens with zero attached hydrogens (tertiary/aromatic N) is 1. The highest BCUT2D eigenvalue weighted by Gasteiger charge is 2.38. The Kier molecular flexibility index (Phi) is 3.82. The number of aryl methyl sites for hydroxylation is 1. The van der Waals surface area contributed by atoms with Gasteiger partial charge in [0.2, 0.25) is 11.7 Å². The van der Waals surface area contributed by atoms with E-state index in [2.05, 4.69) is 4.98 Å². The molecular formula is C12H9ClF3N3O2. The van der Waals surface area contributed by atoms with Crippen molar-refractivity contribution in [2.24, 2.45) is 0 Å². The van der Waals surface area contributed by atoms with Crippen LogP contribution in [0.4, 0.5) is 19.1 Å². The van der Waals surface area contributed by atoms with E-state index in [4.69, 9.17) is 22.1 Å². The summed E-state index contributed by atoms with van der Waals surface area (Å²) in [6.45, 7) is 1.71. The molecule has 0 saturated heterocycles. The number of benzene rings is 1. The van der Waals surface area contributed by atoms with E-state index in [9.17, 15) is 18.0 Å². The van der Waals surface area contributed by atoms with E-state index in [1.165, 1.54) is 12.1 Å². The molecule has 3 N–H and O–H groups in total. The zero-order valence-electron chi connectivity index (χ0n) is 10.6. The molecule has 9 heteroatoms. The van der Waals surface area contributed by atoms with Crippen LogP contribution in [-0.2, 0) is 6.18 Å². The van der Waals surface area contributed by atoms with Crippen molar-refractivity contribution >= 4 is 17.5 Å². The summed E-state index contributed by atoms with van der Waals surface area (Å²) in [4.78, 5) is 16.7. The van der Waals surface area contributed by atoms with Gasteiger partial charge in [-0.3, -0.25) is 9.78 Å². The van der Waals surface area contributed by atoms with Crippen LogP contribution in [0.2, 0.25) is 5.02 Å². The summed E-state index contributed by atoms with van der Waals surface area (Å²) in [7, 11) is 0. The zero-order valence-corrected chi connectivity index (χ0v) is 11.3. The lowest BCUT2D eigenvalue weighted by Gasteiger charge is -2.12. The number of alkyl halides is 3. The van der Waals surface area contributed by atoms with Gasteiger partial charge in [0, 0.05) is 5.02 Å². The van der Waals surface area contributed by atoms with E-state index in [0.717, 1.165) is 0 Å². The van der Waals surface area contributed by atoms with Crippen molar-refractivity contribution in [2.45, 2.75) is 13.1 Å². The van der Waals surface area contributed by atoms with Crippen LogP contribution in [0.3, 0.4) is 0 Å². The first-order valence-corrected chi connectivity index (χ1v) is 5.97. The van der Waals surface area contributed by atoms with Gasteiger partial charge in [-0.15, -0.1) is 0 Å². The Balaban J connectivity index is 2.53. The number of hydrogen-bond acceptors (Lipinski definition) is 4. The van der Waals surface area contributed by atoms with E-state index >= 15 is 0 Å². The van der Waals surface area contributed by atoms with Crippen LogP contribution in [-0.4, -0.2) is 9.97 Å². The maximum atomic E-state index is 12.9. The predicted molar refractivity (Wildman–Crippen MR) is 70.5 cm³/mol. The Morgan fingerprint density at radius 1 is 1.38 bits per heavy atom. The monoisotopic (exact) mass is 319 g/mol. The maximum Gasteiger partial charge on any atom is 0.437 e. The second-order valence-corrected chi connectivity index (χ2v) is 4.55. The second kappa shape index (κ2) is 5.28. The summed E-state index contributed by atoms with van der Waals surface area (Å²) >= 11 is 5.85. The lowest BCUT2D eigenvalue weighted by Crippen LogP contribution is -2.21. The molecule has 0 radical (unpaired) electrons. The van der Waals surface area contributed by atoms with Crippen LogP contribution < -0.4 is 16.0 Å². The van der Waals surface area contributed by atoms with Crippen LogP contribution >= 0.6 is 11.6 Å². The van der Waals surface area contributed by atoms with Gasteiger partial charge in [-0.05, 0) is 24.6 Å². The minimum Gasteiger partial charge on any atom is -0.449 e. The Morgan fingerprint density at radius 2 is 2.05 bits per heavy atom. The molecule has 0 aliphatic carbocycles. The number of ether oxygens (including phenoxy) is 1. The van der Waals surface area contributed by atoms with Gasteiger partial charge in [0.25, 0.3) is 5.56 Å². The van der Waals surface area contributed by atoms with Crippen molar-refractivity contribution in [1.82, 2.24) is 9.97 Å². The standard InChI is InChI=1S/C12H9ClF3N3O2/c1-5-2-3-6(4-7(5)13)21-8-9(12(14,15)16)18-11(17)19-10(8)20/h2-4H,1H3,(H3,17,18,19,20). The first-order valence-electron chi connectivity index (χ1n) is 5.59. The van der Waals surface area contributed by atoms with Crippen LogP contribution in [0.25, 0.3) is 0 Å². The molecule has 1 heterocycles. The molecule has 0 aliphatic heterocycles. The Labute approximate surface area is 121 Å². The maximum absolute atomic E-state index is 12.9. The fourth-order valence-corrected chi connectivity index (χ4v) is 1.69. The summed E-state index contributed by atoms with van der Waals surface area (Å²) in [5, 5.41) is 0.292. The molecule has 0 saturated carbocycles. The van der Waals surface area contributed by atoms with Crippen LogP contribution in [0.15, 0.2) is 23.0 Å². The number of nitrogens with one attached hydrogen (secondary N) is 1. The number of nitrogens with two attached hydrogens (primary N) is 1. The highest BCUT2D eigenvalue weighted by Crippen LogP contribution is 2.35. The molecule has 0 fully saturated rings. The molecule has 2 rings (SSSR count). The molecule has 0 atom stereocenters. The van der Waals surface area contributed by atoms with E-state index in [-0.39, 0.29) is 5.75 Å². The van der Waals surface area contributed by atoms with E-state index in [1.807, 2.05) is 4.98 Å². The average Bonchev–Trinajstić information content (AvgIpc) is 2.35. The second-order valence-electron chi connectivity index (χ2n) is 4.14. The molecular weight excluding hydrogens is 311 g/mol. The lowest BCUT2D eigenvalue weighted by molar-refractivity contribution is -0.142. The third-order valence-corrected chi connectivity index (χ3v) is 2.93. The summed E-state index contributed by atoms with van der Waals surface area (Å²) in [6, 6.07) is 4.23. The largest absolute Gasteiger partial charge is 0.449 e. The van der Waals surface area contributed by atoms with E-state index in [0.29, 0.717) is 10.6 Å². The number of H-pyrrole nitrogens is 1. The molecule has 5 nitrogen and oxygen atoms in total. The molecule has 112 valence electrons. The van der Waals surface area contributed by atoms with Crippen molar-refractivity contribution in [3.8, 4) is 11.5 Å². The summed E-state index contributed by atoms with van der Waals surface area (Å²) in [6.07, 6.45) is -4.88. The number of halogens is 4. The van der Waals surface area contributed by atoms with Crippen molar-refractivity contribution < 1.29 is 17.9 Å². The van der Waals surface area contributed by atoms with Gasteiger partial charge >= 0.3 is 6.18 Å². The summed E-state index contributed by atoms with van der Waals surface area (Å²) < 4.78 is 43.6. The number of aromatic amines is 1. The van der Waals surface area contributed by atoms with Gasteiger partial charge in [0.1, 0.15) is 5.75 Å². The number of nitrogen functional groups attached to an aromatic ring is 1. The van der Waals surface area contributed by atoms with Gasteiger partial charge in [-0.25, -0.2) is 4.98 Å². The SMILES string of the molecule is Cc1ccc(Oc2c(C(F)(F)F)nc(N)[nH]c2=O)cc1Cl. The molecule has 0 spiro atoms. The fourth-order valence-electron chi connectivity index (χ4n) is 1.52. The smallest absolute Gasteiger partial charge is 0.437 e.